The number of nitrogens with one attached hydrogen (secondary N) is 1. The van der Waals surface area contributed by atoms with Crippen molar-refractivity contribution in [3.8, 4) is 0 Å². The number of carbonyl (C=O) groups excluding carboxylic acids is 6. The van der Waals surface area contributed by atoms with Crippen LogP contribution in [0.15, 0.2) is 30.3 Å². The van der Waals surface area contributed by atoms with Crippen molar-refractivity contribution in [3.63, 3.8) is 0 Å². The Bertz CT molecular complexity index is 2020. The maximum Gasteiger partial charge on any atom is 0.348 e. The first-order valence-electron chi connectivity index (χ1n) is 24.4. The van der Waals surface area contributed by atoms with Crippen LogP contribution in [0.25, 0.3) is 6.08 Å². The van der Waals surface area contributed by atoms with E-state index in [0.717, 1.165) is 38.5 Å². The third-order valence-electron chi connectivity index (χ3n) is 14.0. The number of carbonyl (C=O) groups is 6. The fraction of sp³-hybridized carbons (Fsp3) is 0.720. The van der Waals surface area contributed by atoms with Crippen LogP contribution in [0.3, 0.4) is 0 Å². The Morgan fingerprint density at radius 3 is 2.34 bits per heavy atom. The van der Waals surface area contributed by atoms with Crippen LogP contribution >= 0.6 is 0 Å². The number of hydroxylamine groups is 2. The Morgan fingerprint density at radius 2 is 1.69 bits per heavy atom. The van der Waals surface area contributed by atoms with E-state index in [2.05, 4.69) is 19.2 Å². The molecule has 6 fully saturated rings. The molecule has 370 valence electrons. The number of nitrogens with zero attached hydrogens (tertiary/aromatic N) is 2. The quantitative estimate of drug-likeness (QED) is 0.0744. The van der Waals surface area contributed by atoms with Crippen molar-refractivity contribution in [1.82, 2.24) is 15.3 Å². The summed E-state index contributed by atoms with van der Waals surface area (Å²) in [6, 6.07) is 4.28. The summed E-state index contributed by atoms with van der Waals surface area (Å²) in [5, 5.41) is 14.6. The highest BCUT2D eigenvalue weighted by Gasteiger charge is 2.77. The molecule has 1 aromatic rings. The lowest BCUT2D eigenvalue weighted by molar-refractivity contribution is -0.225. The van der Waals surface area contributed by atoms with E-state index < -0.39 is 113 Å². The van der Waals surface area contributed by atoms with Gasteiger partial charge in [-0.3, -0.25) is 24.0 Å². The van der Waals surface area contributed by atoms with Gasteiger partial charge >= 0.3 is 23.9 Å². The molecule has 1 aliphatic carbocycles. The molecule has 17 heteroatoms. The van der Waals surface area contributed by atoms with E-state index >= 15 is 4.79 Å². The Kier molecular flexibility index (Phi) is 15.6. The van der Waals surface area contributed by atoms with Gasteiger partial charge in [-0.15, -0.1) is 0 Å². The second kappa shape index (κ2) is 20.7. The fourth-order valence-electron chi connectivity index (χ4n) is 10.7. The average Bonchev–Trinajstić information content (AvgIpc) is 4.05. The van der Waals surface area contributed by atoms with Gasteiger partial charge in [0.05, 0.1) is 19.2 Å². The maximum absolute atomic E-state index is 15.7. The number of rotatable bonds is 20. The van der Waals surface area contributed by atoms with E-state index in [1.54, 1.807) is 52.8 Å². The lowest BCUT2D eigenvalue weighted by Crippen LogP contribution is -2.70. The van der Waals surface area contributed by atoms with E-state index in [1.807, 2.05) is 12.1 Å². The van der Waals surface area contributed by atoms with Crippen LogP contribution in [-0.2, 0) is 68.6 Å². The molecule has 1 aromatic carbocycles. The van der Waals surface area contributed by atoms with Gasteiger partial charge in [0.25, 0.3) is 0 Å². The summed E-state index contributed by atoms with van der Waals surface area (Å²) >= 11 is 0. The Morgan fingerprint density at radius 1 is 0.985 bits per heavy atom. The molecule has 7 rings (SSSR count). The van der Waals surface area contributed by atoms with E-state index in [-0.39, 0.29) is 39.0 Å². The number of aliphatic hydroxyl groups is 1. The number of amides is 2. The van der Waals surface area contributed by atoms with E-state index in [4.69, 9.17) is 33.3 Å². The van der Waals surface area contributed by atoms with Gasteiger partial charge < -0.3 is 43.7 Å². The molecular weight excluding hydrogens is 867 g/mol. The van der Waals surface area contributed by atoms with E-state index in [9.17, 15) is 29.1 Å². The predicted molar refractivity (Wildman–Crippen MR) is 241 cm³/mol. The van der Waals surface area contributed by atoms with Crippen molar-refractivity contribution in [2.75, 3.05) is 19.8 Å². The van der Waals surface area contributed by atoms with E-state index in [1.165, 1.54) is 16.0 Å². The number of cyclic esters (lactones) is 1. The summed E-state index contributed by atoms with van der Waals surface area (Å²) in [5.74, 6) is -4.34. The SMILES string of the molecule is CCCCCC1(CCCCC)O[C@@H]2[C@H](O1)[C@H]1ON(Cc3ccccc3C=CC(=O)O[C@H]3C(=O)OCC3(C)C)[C@@H]3C(=O)O[C@@H]2C[C@]13C(=O)N1CCC[C@@H]1C(=O)N[C@H](CO)CCC(=O)OC(C)(C)C. The summed E-state index contributed by atoms with van der Waals surface area (Å²) in [6.45, 7) is 13.1. The van der Waals surface area contributed by atoms with Crippen molar-refractivity contribution < 1.29 is 67.1 Å². The van der Waals surface area contributed by atoms with Crippen LogP contribution < -0.4 is 5.32 Å². The minimum absolute atomic E-state index is 0.0103. The van der Waals surface area contributed by atoms with Gasteiger partial charge in [0.1, 0.15) is 48.1 Å². The summed E-state index contributed by atoms with van der Waals surface area (Å²) in [7, 11) is 0. The number of unbranched alkanes of at least 4 members (excludes halogenated alkanes) is 4. The summed E-state index contributed by atoms with van der Waals surface area (Å²) in [5.41, 5.74) is -1.69. The van der Waals surface area contributed by atoms with Crippen molar-refractivity contribution in [2.45, 2.75) is 199 Å². The zero-order chi connectivity index (χ0) is 48.3. The molecule has 5 heterocycles. The zero-order valence-corrected chi connectivity index (χ0v) is 40.3. The van der Waals surface area contributed by atoms with Crippen molar-refractivity contribution in [1.29, 1.82) is 0 Å². The molecule has 5 saturated heterocycles. The second-order valence-corrected chi connectivity index (χ2v) is 20.8. The van der Waals surface area contributed by atoms with Crippen molar-refractivity contribution in [2.24, 2.45) is 10.8 Å². The van der Waals surface area contributed by atoms with Gasteiger partial charge in [-0.05, 0) is 70.1 Å². The van der Waals surface area contributed by atoms with Gasteiger partial charge in [-0.1, -0.05) is 77.6 Å². The third-order valence-corrected chi connectivity index (χ3v) is 14.0. The van der Waals surface area contributed by atoms with Gasteiger partial charge in [0.2, 0.25) is 17.9 Å². The smallest absolute Gasteiger partial charge is 0.348 e. The van der Waals surface area contributed by atoms with Crippen LogP contribution in [0.5, 0.6) is 0 Å². The molecular formula is C50H71N3O14. The second-order valence-electron chi connectivity index (χ2n) is 20.8. The predicted octanol–water partition coefficient (Wildman–Crippen LogP) is 5.23. The molecule has 6 aliphatic rings. The molecule has 67 heavy (non-hydrogen) atoms. The Hall–Kier alpha value is -4.42. The van der Waals surface area contributed by atoms with Crippen molar-refractivity contribution in [3.05, 3.63) is 41.5 Å². The minimum Gasteiger partial charge on any atom is -0.462 e. The number of likely N-dealkylation sites (tertiary alicyclic amines) is 1. The molecule has 9 atom stereocenters. The van der Waals surface area contributed by atoms with Crippen LogP contribution in [0.4, 0.5) is 0 Å². The molecule has 5 aliphatic heterocycles. The Labute approximate surface area is 393 Å². The molecule has 0 aromatic heterocycles. The molecule has 0 radical (unpaired) electrons. The maximum atomic E-state index is 15.7. The summed E-state index contributed by atoms with van der Waals surface area (Å²) < 4.78 is 36.4. The number of hydrogen-bond acceptors (Lipinski definition) is 15. The standard InChI is InChI=1S/C50H71N3O14/c1-8-10-14-24-49(25-15-11-9-2)65-38-35-27-50(46(60)52-26-16-19-34(52)43(57)51-33(29-54)21-23-37(56)64-47(3,4)5)40(44(58)62-35)53(67-41(50)39(38)66-49)28-32-18-13-12-17-31(32)20-22-36(55)63-42-45(59)61-30-48(42,6)7/h12-13,17-18,20,22,33-35,38-42,54H,8-11,14-16,19,21,23-30H2,1-7H3,(H,51,57)/t33-,34+,35+,38-,39-,40+,41+,42-,50+/m0/s1. The topological polar surface area (TPSA) is 206 Å². The molecule has 0 spiro atoms. The molecule has 1 saturated carbocycles. The number of fused-ring (bicyclic) bond motifs is 4. The monoisotopic (exact) mass is 937 g/mol. The van der Waals surface area contributed by atoms with E-state index in [0.29, 0.717) is 36.8 Å². The van der Waals surface area contributed by atoms with Gasteiger partial charge in [0.15, 0.2) is 11.8 Å². The van der Waals surface area contributed by atoms with Gasteiger partial charge in [-0.25, -0.2) is 9.59 Å². The van der Waals surface area contributed by atoms with Crippen LogP contribution in [0.1, 0.15) is 143 Å². The fourth-order valence-corrected chi connectivity index (χ4v) is 10.7. The third kappa shape index (κ3) is 10.8. The highest BCUT2D eigenvalue weighted by molar-refractivity contribution is 5.97. The first kappa shape index (κ1) is 50.5. The highest BCUT2D eigenvalue weighted by atomic mass is 16.8. The number of hydrogen-bond donors (Lipinski definition) is 2. The van der Waals surface area contributed by atoms with Crippen LogP contribution in [0, 0.1) is 10.8 Å². The molecule has 0 unspecified atom stereocenters. The molecule has 2 amide bonds. The first-order valence-corrected chi connectivity index (χ1v) is 24.4. The average molecular weight is 938 g/mol. The van der Waals surface area contributed by atoms with Crippen LogP contribution in [0.2, 0.25) is 0 Å². The molecule has 17 nitrogen and oxygen atoms in total. The largest absolute Gasteiger partial charge is 0.462 e. The number of ether oxygens (including phenoxy) is 6. The minimum atomic E-state index is -1.55. The number of aliphatic hydroxyl groups excluding tert-OH is 1. The van der Waals surface area contributed by atoms with Gasteiger partial charge in [0, 0.05) is 43.7 Å². The van der Waals surface area contributed by atoms with Crippen molar-refractivity contribution >= 4 is 41.8 Å². The van der Waals surface area contributed by atoms with Crippen LogP contribution in [-0.4, -0.2) is 131 Å². The Balaban J connectivity index is 1.19. The number of benzene rings is 1. The lowest BCUT2D eigenvalue weighted by Gasteiger charge is -2.50. The zero-order valence-electron chi connectivity index (χ0n) is 40.3. The van der Waals surface area contributed by atoms with Gasteiger partial charge in [-0.2, -0.15) is 5.06 Å². The number of esters is 4. The molecule has 2 N–H and O–H groups in total. The first-order chi connectivity index (χ1) is 31.8. The normalized spacial score (nSPS) is 29.9. The lowest BCUT2D eigenvalue weighted by atomic mass is 9.62. The molecule has 2 bridgehead atoms. The summed E-state index contributed by atoms with van der Waals surface area (Å²) in [6.07, 6.45) is 6.32. The summed E-state index contributed by atoms with van der Waals surface area (Å²) in [4.78, 5) is 90.9. The highest BCUT2D eigenvalue weighted by Crippen LogP contribution is 2.59.